The zero-order valence-corrected chi connectivity index (χ0v) is 13.8. The van der Waals surface area contributed by atoms with E-state index in [4.69, 9.17) is 9.47 Å². The number of allylic oxidation sites excluding steroid dienone is 2. The van der Waals surface area contributed by atoms with Gasteiger partial charge in [0.05, 0.1) is 20.5 Å². The smallest absolute Gasteiger partial charge is 0.341 e. The predicted molar refractivity (Wildman–Crippen MR) is 93.6 cm³/mol. The third-order valence-corrected chi connectivity index (χ3v) is 3.91. The van der Waals surface area contributed by atoms with Crippen molar-refractivity contribution in [2.75, 3.05) is 14.2 Å². The van der Waals surface area contributed by atoms with Crippen molar-refractivity contribution >= 4 is 34.5 Å². The minimum absolute atomic E-state index is 0.357. The highest BCUT2D eigenvalue weighted by atomic mass is 32.1. The number of carbonyl (C=O) groups excluding carboxylic acids is 1. The molecule has 23 heavy (non-hydrogen) atoms. The number of hydrogen-bond acceptors (Lipinski definition) is 5. The molecule has 0 atom stereocenters. The summed E-state index contributed by atoms with van der Waals surface area (Å²) in [6.07, 6.45) is 6.89. The van der Waals surface area contributed by atoms with Crippen LogP contribution in [0.5, 0.6) is 0 Å². The van der Waals surface area contributed by atoms with Crippen molar-refractivity contribution in [2.45, 2.75) is 0 Å². The molecular weight excluding hydrogens is 310 g/mol. The number of esters is 1. The lowest BCUT2D eigenvalue weighted by molar-refractivity contribution is -0.133. The Balaban J connectivity index is 2.35. The summed E-state index contributed by atoms with van der Waals surface area (Å²) in [6, 6.07) is 7.51. The highest BCUT2D eigenvalue weighted by Gasteiger charge is 2.15. The Morgan fingerprint density at radius 3 is 2.74 bits per heavy atom. The molecule has 2 aromatic rings. The van der Waals surface area contributed by atoms with Gasteiger partial charge in [0, 0.05) is 17.2 Å². The van der Waals surface area contributed by atoms with Crippen LogP contribution in [0.4, 0.5) is 0 Å². The molecule has 0 spiro atoms. The fourth-order valence-electron chi connectivity index (χ4n) is 1.98. The second kappa shape index (κ2) is 8.10. The SMILES string of the molecule is C=C(C=Cc1ccccc1C(=COC)C(=O)OC)c1nccs1. The molecule has 2 rings (SSSR count). The number of nitrogens with zero attached hydrogens (tertiary/aromatic N) is 1. The maximum atomic E-state index is 12.0. The van der Waals surface area contributed by atoms with E-state index in [0.717, 1.165) is 21.7 Å². The Morgan fingerprint density at radius 2 is 2.09 bits per heavy atom. The van der Waals surface area contributed by atoms with Crippen molar-refractivity contribution in [2.24, 2.45) is 0 Å². The van der Waals surface area contributed by atoms with E-state index in [1.165, 1.54) is 31.8 Å². The van der Waals surface area contributed by atoms with Crippen LogP contribution in [0.1, 0.15) is 16.1 Å². The molecular formula is C18H17NO3S. The molecule has 4 nitrogen and oxygen atoms in total. The van der Waals surface area contributed by atoms with Crippen molar-refractivity contribution in [1.29, 1.82) is 0 Å². The van der Waals surface area contributed by atoms with Crippen LogP contribution in [0.25, 0.3) is 17.2 Å². The van der Waals surface area contributed by atoms with E-state index in [-0.39, 0.29) is 0 Å². The van der Waals surface area contributed by atoms with Gasteiger partial charge >= 0.3 is 5.97 Å². The average molecular weight is 327 g/mol. The van der Waals surface area contributed by atoms with Crippen LogP contribution in [0.2, 0.25) is 0 Å². The lowest BCUT2D eigenvalue weighted by atomic mass is 9.99. The number of ether oxygens (including phenoxy) is 2. The van der Waals surface area contributed by atoms with Gasteiger partial charge < -0.3 is 9.47 Å². The average Bonchev–Trinajstić information content (AvgIpc) is 3.12. The molecule has 0 saturated carbocycles. The molecule has 0 radical (unpaired) electrons. The maximum Gasteiger partial charge on any atom is 0.341 e. The van der Waals surface area contributed by atoms with Crippen LogP contribution in [-0.4, -0.2) is 25.2 Å². The quantitative estimate of drug-likeness (QED) is 0.348. The summed E-state index contributed by atoms with van der Waals surface area (Å²) >= 11 is 1.53. The standard InChI is InChI=1S/C18H17NO3S/c1-13(17-19-10-11-23-17)8-9-14-6-4-5-7-15(14)16(12-21-2)18(20)22-3/h4-12H,1H2,2-3H3. The number of carbonyl (C=O) groups is 1. The van der Waals surface area contributed by atoms with Crippen LogP contribution in [0, 0.1) is 0 Å². The number of benzene rings is 1. The Hall–Kier alpha value is -2.66. The third kappa shape index (κ3) is 4.17. The molecule has 118 valence electrons. The second-order valence-corrected chi connectivity index (χ2v) is 5.44. The van der Waals surface area contributed by atoms with Gasteiger partial charge in [-0.05, 0) is 11.1 Å². The fourth-order valence-corrected chi connectivity index (χ4v) is 2.57. The Bertz CT molecular complexity index is 745. The summed E-state index contributed by atoms with van der Waals surface area (Å²) in [5.41, 5.74) is 2.75. The summed E-state index contributed by atoms with van der Waals surface area (Å²) in [5, 5.41) is 2.76. The minimum atomic E-state index is -0.452. The Morgan fingerprint density at radius 1 is 1.30 bits per heavy atom. The van der Waals surface area contributed by atoms with Crippen molar-refractivity contribution in [3.63, 3.8) is 0 Å². The summed E-state index contributed by atoms with van der Waals surface area (Å²) in [6.45, 7) is 4.00. The van der Waals surface area contributed by atoms with Gasteiger partial charge in [0.1, 0.15) is 10.6 Å². The molecule has 1 aromatic carbocycles. The van der Waals surface area contributed by atoms with E-state index in [9.17, 15) is 4.79 Å². The van der Waals surface area contributed by atoms with Gasteiger partial charge in [0.25, 0.3) is 0 Å². The lowest BCUT2D eigenvalue weighted by Gasteiger charge is -2.09. The number of rotatable bonds is 6. The van der Waals surface area contributed by atoms with Gasteiger partial charge in [-0.2, -0.15) is 0 Å². The minimum Gasteiger partial charge on any atom is -0.503 e. The van der Waals surface area contributed by atoms with E-state index < -0.39 is 5.97 Å². The van der Waals surface area contributed by atoms with E-state index in [0.29, 0.717) is 5.57 Å². The normalized spacial score (nSPS) is 11.5. The number of aromatic nitrogens is 1. The highest BCUT2D eigenvalue weighted by Crippen LogP contribution is 2.24. The van der Waals surface area contributed by atoms with Gasteiger partial charge in [-0.25, -0.2) is 9.78 Å². The van der Waals surface area contributed by atoms with Crippen LogP contribution in [0.3, 0.4) is 0 Å². The molecule has 1 aromatic heterocycles. The summed E-state index contributed by atoms with van der Waals surface area (Å²) in [5.74, 6) is -0.452. The molecule has 0 aliphatic rings. The van der Waals surface area contributed by atoms with Gasteiger partial charge in [-0.15, -0.1) is 11.3 Å². The topological polar surface area (TPSA) is 48.4 Å². The molecule has 0 saturated heterocycles. The molecule has 0 N–H and O–H groups in total. The first kappa shape index (κ1) is 16.7. The molecule has 0 fully saturated rings. The molecule has 0 bridgehead atoms. The largest absolute Gasteiger partial charge is 0.503 e. The number of methoxy groups -OCH3 is 2. The second-order valence-electron chi connectivity index (χ2n) is 4.54. The van der Waals surface area contributed by atoms with Crippen molar-refractivity contribution in [1.82, 2.24) is 4.98 Å². The maximum absolute atomic E-state index is 12.0. The molecule has 1 heterocycles. The Kier molecular flexibility index (Phi) is 5.88. The molecule has 0 amide bonds. The van der Waals surface area contributed by atoms with Gasteiger partial charge in [-0.1, -0.05) is 43.0 Å². The first-order valence-electron chi connectivity index (χ1n) is 6.85. The zero-order valence-electron chi connectivity index (χ0n) is 13.0. The highest BCUT2D eigenvalue weighted by molar-refractivity contribution is 7.10. The number of thiazole rings is 1. The molecule has 0 aliphatic carbocycles. The number of hydrogen-bond donors (Lipinski definition) is 0. The summed E-state index contributed by atoms with van der Waals surface area (Å²) < 4.78 is 9.83. The van der Waals surface area contributed by atoms with E-state index >= 15 is 0 Å². The first-order valence-corrected chi connectivity index (χ1v) is 7.73. The van der Waals surface area contributed by atoms with Gasteiger partial charge in [-0.3, -0.25) is 0 Å². The van der Waals surface area contributed by atoms with Gasteiger partial charge in [0.2, 0.25) is 0 Å². The predicted octanol–water partition coefficient (Wildman–Crippen LogP) is 4.03. The van der Waals surface area contributed by atoms with Crippen LogP contribution < -0.4 is 0 Å². The van der Waals surface area contributed by atoms with E-state index in [1.54, 1.807) is 6.20 Å². The zero-order chi connectivity index (χ0) is 16.7. The van der Waals surface area contributed by atoms with E-state index in [1.807, 2.05) is 41.8 Å². The summed E-state index contributed by atoms with van der Waals surface area (Å²) in [4.78, 5) is 16.2. The first-order chi connectivity index (χ1) is 11.2. The van der Waals surface area contributed by atoms with Gasteiger partial charge in [0.15, 0.2) is 0 Å². The molecule has 5 heteroatoms. The van der Waals surface area contributed by atoms with Crippen molar-refractivity contribution in [3.05, 3.63) is 70.9 Å². The molecule has 0 aliphatic heterocycles. The molecule has 0 unspecified atom stereocenters. The van der Waals surface area contributed by atoms with Crippen LogP contribution in [0.15, 0.2) is 54.8 Å². The van der Waals surface area contributed by atoms with Crippen molar-refractivity contribution < 1.29 is 14.3 Å². The Labute approximate surface area is 139 Å². The van der Waals surface area contributed by atoms with Crippen molar-refractivity contribution in [3.8, 4) is 0 Å². The lowest BCUT2D eigenvalue weighted by Crippen LogP contribution is -2.05. The monoisotopic (exact) mass is 327 g/mol. The fraction of sp³-hybridized carbons (Fsp3) is 0.111. The third-order valence-electron chi connectivity index (χ3n) is 3.06. The van der Waals surface area contributed by atoms with Crippen LogP contribution in [-0.2, 0) is 14.3 Å². The summed E-state index contributed by atoms with van der Waals surface area (Å²) in [7, 11) is 2.83. The van der Waals surface area contributed by atoms with Crippen LogP contribution >= 0.6 is 11.3 Å². The van der Waals surface area contributed by atoms with E-state index in [2.05, 4.69) is 11.6 Å².